The third-order valence-electron chi connectivity index (χ3n) is 14.0. The lowest BCUT2D eigenvalue weighted by atomic mass is 9.60. The van der Waals surface area contributed by atoms with Crippen LogP contribution in [0.3, 0.4) is 0 Å². The second kappa shape index (κ2) is 20.0. The molecule has 4 aliphatic carbocycles. The Morgan fingerprint density at radius 2 is 1.17 bits per heavy atom. The van der Waals surface area contributed by atoms with Gasteiger partial charge in [-0.25, -0.2) is 49.3 Å². The first-order chi connectivity index (χ1) is 32.8. The third-order valence-corrected chi connectivity index (χ3v) is 17.4. The van der Waals surface area contributed by atoms with Gasteiger partial charge in [-0.1, -0.05) is 26.0 Å². The van der Waals surface area contributed by atoms with Crippen LogP contribution in [0.1, 0.15) is 89.7 Å². The van der Waals surface area contributed by atoms with Gasteiger partial charge in [-0.05, 0) is 143 Å². The number of nitrogens with zero attached hydrogens (tertiary/aromatic N) is 11. The predicted molar refractivity (Wildman–Crippen MR) is 259 cm³/mol. The van der Waals surface area contributed by atoms with Crippen LogP contribution >= 0.6 is 0 Å². The summed E-state index contributed by atoms with van der Waals surface area (Å²) in [6, 6.07) is 11.5. The molecule has 4 aromatic heterocycles. The molecule has 0 N–H and O–H groups in total. The van der Waals surface area contributed by atoms with Gasteiger partial charge in [0.05, 0.1) is 51.7 Å². The maximum absolute atomic E-state index is 13.6. The number of alkyl halides is 1. The third kappa shape index (κ3) is 9.72. The van der Waals surface area contributed by atoms with E-state index in [-0.39, 0.29) is 73.0 Å². The summed E-state index contributed by atoms with van der Waals surface area (Å²) in [7, 11) is -4.62. The zero-order chi connectivity index (χ0) is 49.0. The molecule has 2 fully saturated rings. The van der Waals surface area contributed by atoms with Crippen molar-refractivity contribution in [2.45, 2.75) is 96.4 Å². The van der Waals surface area contributed by atoms with E-state index in [1.807, 2.05) is 12.2 Å². The normalized spacial score (nSPS) is 21.4. The van der Waals surface area contributed by atoms with Crippen LogP contribution in [0.4, 0.5) is 13.2 Å². The van der Waals surface area contributed by atoms with Crippen LogP contribution in [-0.2, 0) is 56.4 Å². The van der Waals surface area contributed by atoms with Crippen molar-refractivity contribution in [3.8, 4) is 11.4 Å². The number of Topliss-reactive ketones (excluding diaryl/α,β-unsaturated/α-hetero) is 2. The summed E-state index contributed by atoms with van der Waals surface area (Å²) in [6.07, 6.45) is 13.7. The number of sulfonamides is 1. The van der Waals surface area contributed by atoms with Crippen LogP contribution in [0, 0.1) is 28.4 Å². The molecular weight excluding hydrogens is 960 g/mol. The summed E-state index contributed by atoms with van der Waals surface area (Å²) in [5, 5.41) is 16.3. The van der Waals surface area contributed by atoms with Crippen molar-refractivity contribution < 1.29 is 39.6 Å². The Labute approximate surface area is 411 Å². The maximum Gasteiger partial charge on any atom is 0.282 e. The van der Waals surface area contributed by atoms with Crippen molar-refractivity contribution in [3.05, 3.63) is 119 Å². The first-order valence-electron chi connectivity index (χ1n) is 22.5. The molecule has 378 valence electrons. The average molecular weight is 1020 g/mol. The number of rotatable bonds is 12. The monoisotopic (exact) mass is 1020 g/mol. The van der Waals surface area contributed by atoms with Gasteiger partial charge in [-0.2, -0.15) is 14.5 Å². The molecule has 2 aromatic carbocycles. The number of carbonyl (C=O) groups is 2. The van der Waals surface area contributed by atoms with Gasteiger partial charge >= 0.3 is 0 Å². The average Bonchev–Trinajstić information content (AvgIpc) is 4.14. The summed E-state index contributed by atoms with van der Waals surface area (Å²) in [5.74, 6) is -0.961. The molecule has 22 heteroatoms. The van der Waals surface area contributed by atoms with Gasteiger partial charge < -0.3 is 0 Å². The quantitative estimate of drug-likeness (QED) is 0.121. The van der Waals surface area contributed by atoms with Crippen molar-refractivity contribution in [3.63, 3.8) is 0 Å². The summed E-state index contributed by atoms with van der Waals surface area (Å²) < 4.78 is 99.9. The minimum absolute atomic E-state index is 0. The molecule has 71 heavy (non-hydrogen) atoms. The number of fused-ring (bicyclic) bond motifs is 4. The van der Waals surface area contributed by atoms with Gasteiger partial charge in [0.2, 0.25) is 9.84 Å². The van der Waals surface area contributed by atoms with Gasteiger partial charge in [-0.15, -0.1) is 10.2 Å². The number of ketones is 2. The number of carbonyl (C=O) groups excluding carboxylic acids is 2. The molecule has 0 bridgehead atoms. The maximum atomic E-state index is 13.6. The second-order valence-electron chi connectivity index (χ2n) is 18.3. The highest BCUT2D eigenvalue weighted by molar-refractivity contribution is 7.91. The number of allylic oxidation sites excluding steroid dienone is 2. The second-order valence-corrected chi connectivity index (χ2v) is 22.1. The fourth-order valence-corrected chi connectivity index (χ4v) is 13.6. The predicted octanol–water partition coefficient (Wildman–Crippen LogP) is 7.07. The molecule has 17 nitrogen and oxygen atoms in total. The van der Waals surface area contributed by atoms with Crippen molar-refractivity contribution in [1.29, 1.82) is 0 Å². The fourth-order valence-electron chi connectivity index (χ4n) is 10.6. The molecule has 0 aliphatic heterocycles. The van der Waals surface area contributed by atoms with Gasteiger partial charge in [0.1, 0.15) is 42.5 Å². The van der Waals surface area contributed by atoms with Crippen molar-refractivity contribution in [1.82, 2.24) is 53.4 Å². The summed E-state index contributed by atoms with van der Waals surface area (Å²) in [5.41, 5.74) is 5.16. The van der Waals surface area contributed by atoms with E-state index >= 15 is 0 Å². The standard InChI is InChI=1S/C24H26F2N6O3S.C23H24FN5O3S.2CH4/c1-16(33)24-12-17-14-28-32(20-7-4-19(26)5-8-20)22(17)11-18(24)3-6-21(13-24)31(10-9-25)36(34,35)23-27-15-30(2)29-23;1-15(30)23-10-16(13-33(31,32)22-25-14-28(2)27-22)3-4-18(23)9-21-17(11-23)12-26-29(21)20-7-5-19(24)6-8-20;;/h4-5,7-8,11,14-15,21H,3,6,9-10,12-13H2,1-2H3;5-9,12,14,16H,3-4,10-11,13H2,1-2H3;2*1H4/t21-,24+;16-,23-;;/m00../s1. The summed E-state index contributed by atoms with van der Waals surface area (Å²) >= 11 is 0. The number of halogens is 3. The molecule has 0 amide bonds. The Morgan fingerprint density at radius 1 is 0.704 bits per heavy atom. The molecule has 6 aromatic rings. The van der Waals surface area contributed by atoms with Crippen LogP contribution in [0.15, 0.2) is 95.0 Å². The lowest BCUT2D eigenvalue weighted by molar-refractivity contribution is -0.127. The fraction of sp³-hybridized carbons (Fsp3) is 0.429. The highest BCUT2D eigenvalue weighted by Crippen LogP contribution is 2.52. The molecular formula is C49H58F3N11O6S2. The number of hydrogen-bond donors (Lipinski definition) is 0. The Balaban J connectivity index is 0.000000204. The Kier molecular flexibility index (Phi) is 14.8. The van der Waals surface area contributed by atoms with Crippen molar-refractivity contribution in [2.24, 2.45) is 30.8 Å². The Morgan fingerprint density at radius 3 is 1.62 bits per heavy atom. The van der Waals surface area contributed by atoms with Gasteiger partial charge in [-0.3, -0.25) is 19.0 Å². The Hall–Kier alpha value is -6.39. The molecule has 2 saturated carbocycles. The van der Waals surface area contributed by atoms with Gasteiger partial charge in [0, 0.05) is 26.7 Å². The number of hydrogen-bond acceptors (Lipinski definition) is 12. The zero-order valence-corrected chi connectivity index (χ0v) is 40.0. The SMILES string of the molecule is C.C.CC(=O)[C@]12Cc3cnn(-c4ccc(F)cc4)c3C=C1CC[C@H](CS(=O)(=O)c1ncn(C)n1)C2.CC(=O)[C@]12Cc3cnn(-c4ccc(F)cc4)c3C=C1CC[C@H](N(CCF)S(=O)(=O)c1ncn(C)n1)C2. The van der Waals surface area contributed by atoms with Crippen LogP contribution in [0.2, 0.25) is 0 Å². The molecule has 4 aliphatic rings. The number of sulfone groups is 1. The number of benzene rings is 2. The van der Waals surface area contributed by atoms with E-state index in [1.54, 1.807) is 67.0 Å². The van der Waals surface area contributed by atoms with Crippen LogP contribution < -0.4 is 0 Å². The molecule has 4 heterocycles. The van der Waals surface area contributed by atoms with Crippen molar-refractivity contribution in [2.75, 3.05) is 19.0 Å². The molecule has 0 spiro atoms. The molecule has 0 unspecified atom stereocenters. The largest absolute Gasteiger partial charge is 0.299 e. The number of aromatic nitrogens is 10. The summed E-state index contributed by atoms with van der Waals surface area (Å²) in [6.45, 7) is 1.89. The lowest BCUT2D eigenvalue weighted by Crippen LogP contribution is -2.50. The first kappa shape index (κ1) is 52.4. The molecule has 0 saturated heterocycles. The van der Waals surface area contributed by atoms with E-state index in [0.29, 0.717) is 50.6 Å². The lowest BCUT2D eigenvalue weighted by Gasteiger charge is -2.45. The molecule has 4 atom stereocenters. The van der Waals surface area contributed by atoms with E-state index in [2.05, 4.69) is 30.4 Å². The Bertz CT molecular complexity index is 3250. The highest BCUT2D eigenvalue weighted by Gasteiger charge is 2.51. The first-order valence-corrected chi connectivity index (χ1v) is 25.5. The summed E-state index contributed by atoms with van der Waals surface area (Å²) in [4.78, 5) is 33.9. The van der Waals surface area contributed by atoms with Gasteiger partial charge in [0.15, 0.2) is 0 Å². The van der Waals surface area contributed by atoms with E-state index in [1.165, 1.54) is 53.2 Å². The van der Waals surface area contributed by atoms with E-state index < -0.39 is 43.4 Å². The molecule has 0 radical (unpaired) electrons. The minimum Gasteiger partial charge on any atom is -0.299 e. The zero-order valence-electron chi connectivity index (χ0n) is 38.3. The van der Waals surface area contributed by atoms with E-state index in [0.717, 1.165) is 43.7 Å². The smallest absolute Gasteiger partial charge is 0.282 e. The van der Waals surface area contributed by atoms with Gasteiger partial charge in [0.25, 0.3) is 20.3 Å². The van der Waals surface area contributed by atoms with Crippen LogP contribution in [-0.4, -0.2) is 107 Å². The number of aryl methyl sites for hydroxylation is 2. The van der Waals surface area contributed by atoms with Crippen LogP contribution in [0.25, 0.3) is 23.5 Å². The topological polar surface area (TPSA) is 203 Å². The minimum atomic E-state index is -4.16. The van der Waals surface area contributed by atoms with E-state index in [4.69, 9.17) is 0 Å². The molecule has 10 rings (SSSR count). The van der Waals surface area contributed by atoms with E-state index in [9.17, 15) is 39.6 Å². The van der Waals surface area contributed by atoms with Crippen LogP contribution in [0.5, 0.6) is 0 Å². The highest BCUT2D eigenvalue weighted by atomic mass is 32.2. The van der Waals surface area contributed by atoms with Crippen molar-refractivity contribution >= 4 is 43.6 Å².